The highest BCUT2D eigenvalue weighted by Crippen LogP contribution is 2.29. The van der Waals surface area contributed by atoms with Gasteiger partial charge in [0.25, 0.3) is 5.91 Å². The zero-order valence-electron chi connectivity index (χ0n) is 13.5. The molecule has 1 amide bonds. The maximum absolute atomic E-state index is 12.3. The van der Waals surface area contributed by atoms with E-state index in [0.717, 1.165) is 11.1 Å². The second-order valence-corrected chi connectivity index (χ2v) is 8.02. The lowest BCUT2D eigenvalue weighted by molar-refractivity contribution is 0.102. The molecule has 0 saturated heterocycles. The van der Waals surface area contributed by atoms with Gasteiger partial charge in [-0.05, 0) is 56.0 Å². The largest absolute Gasteiger partial charge is 0.322 e. The minimum absolute atomic E-state index is 0.296. The number of nitrogens with zero attached hydrogens (tertiary/aromatic N) is 1. The lowest BCUT2D eigenvalue weighted by atomic mass is 10.1. The van der Waals surface area contributed by atoms with Crippen LogP contribution in [0.1, 0.15) is 34.3 Å². The molecule has 2 aromatic rings. The topological polar surface area (TPSA) is 88.2 Å². The van der Waals surface area contributed by atoms with Gasteiger partial charge in [0.05, 0.1) is 22.7 Å². The number of nitrogens with one attached hydrogen (secondary N) is 2. The molecule has 1 aliphatic rings. The summed E-state index contributed by atoms with van der Waals surface area (Å²) in [6.45, 7) is 3.97. The van der Waals surface area contributed by atoms with Crippen LogP contribution in [0.5, 0.6) is 0 Å². The molecule has 3 rings (SSSR count). The fraction of sp³-hybridized carbons (Fsp3) is 0.294. The normalized spacial score (nSPS) is 14.2. The number of hydrogen-bond acceptors (Lipinski definition) is 4. The van der Waals surface area contributed by atoms with Crippen molar-refractivity contribution in [2.24, 2.45) is 0 Å². The zero-order valence-corrected chi connectivity index (χ0v) is 14.4. The monoisotopic (exact) mass is 345 g/mol. The fourth-order valence-electron chi connectivity index (χ4n) is 2.27. The maximum Gasteiger partial charge on any atom is 0.257 e. The minimum Gasteiger partial charge on any atom is -0.322 e. The highest BCUT2D eigenvalue weighted by atomic mass is 32.2. The van der Waals surface area contributed by atoms with Crippen molar-refractivity contribution in [3.8, 4) is 0 Å². The van der Waals surface area contributed by atoms with Crippen LogP contribution in [-0.4, -0.2) is 24.6 Å². The van der Waals surface area contributed by atoms with Crippen molar-refractivity contribution in [3.63, 3.8) is 0 Å². The lowest BCUT2D eigenvalue weighted by Crippen LogP contribution is -2.18. The van der Waals surface area contributed by atoms with Crippen molar-refractivity contribution in [3.05, 3.63) is 53.3 Å². The first kappa shape index (κ1) is 16.4. The van der Waals surface area contributed by atoms with Gasteiger partial charge in [-0.1, -0.05) is 6.07 Å². The average Bonchev–Trinajstić information content (AvgIpc) is 3.36. The predicted octanol–water partition coefficient (Wildman–Crippen LogP) is 2.85. The number of carbonyl (C=O) groups excluding carboxylic acids is 1. The van der Waals surface area contributed by atoms with Crippen LogP contribution in [0, 0.1) is 13.8 Å². The van der Waals surface area contributed by atoms with E-state index < -0.39 is 10.0 Å². The Hall–Kier alpha value is -2.41. The molecule has 0 bridgehead atoms. The molecule has 24 heavy (non-hydrogen) atoms. The first-order chi connectivity index (χ1) is 11.3. The summed E-state index contributed by atoms with van der Waals surface area (Å²) in [5.41, 5.74) is 3.51. The van der Waals surface area contributed by atoms with Gasteiger partial charge >= 0.3 is 0 Å². The molecule has 6 nitrogen and oxygen atoms in total. The molecule has 1 saturated carbocycles. The molecule has 1 fully saturated rings. The van der Waals surface area contributed by atoms with Crippen molar-refractivity contribution in [2.45, 2.75) is 31.9 Å². The van der Waals surface area contributed by atoms with Crippen LogP contribution in [0.3, 0.4) is 0 Å². The fourth-order valence-corrected chi connectivity index (χ4v) is 3.63. The Labute approximate surface area is 141 Å². The number of carbonyl (C=O) groups is 1. The summed E-state index contributed by atoms with van der Waals surface area (Å²) in [5.74, 6) is -0.335. The quantitative estimate of drug-likeness (QED) is 0.872. The minimum atomic E-state index is -3.37. The van der Waals surface area contributed by atoms with E-state index in [1.807, 2.05) is 32.0 Å². The van der Waals surface area contributed by atoms with E-state index in [0.29, 0.717) is 29.8 Å². The van der Waals surface area contributed by atoms with Crippen LogP contribution in [0.25, 0.3) is 0 Å². The number of pyridine rings is 1. The van der Waals surface area contributed by atoms with Gasteiger partial charge in [-0.15, -0.1) is 0 Å². The maximum atomic E-state index is 12.3. The molecule has 1 aliphatic carbocycles. The van der Waals surface area contributed by atoms with Crippen LogP contribution < -0.4 is 10.0 Å². The molecule has 0 atom stereocenters. The third kappa shape index (κ3) is 3.73. The number of amides is 1. The standard InChI is InChI=1S/C17H19N3O3S/c1-11-3-4-14(7-12(11)2)19-17(21)13-8-15(10-18-9-13)20-24(22,23)16-5-6-16/h3-4,7-10,16,20H,5-6H2,1-2H3,(H,19,21). The third-order valence-corrected chi connectivity index (χ3v) is 5.86. The number of hydrogen-bond donors (Lipinski definition) is 2. The van der Waals surface area contributed by atoms with E-state index in [1.54, 1.807) is 0 Å². The Bertz CT molecular complexity index is 890. The summed E-state index contributed by atoms with van der Waals surface area (Å²) in [7, 11) is -3.37. The van der Waals surface area contributed by atoms with Crippen molar-refractivity contribution >= 4 is 27.3 Å². The number of aryl methyl sites for hydroxylation is 2. The smallest absolute Gasteiger partial charge is 0.257 e. The Kier molecular flexibility index (Phi) is 4.28. The zero-order chi connectivity index (χ0) is 17.3. The SMILES string of the molecule is Cc1ccc(NC(=O)c2cncc(NS(=O)(=O)C3CC3)c2)cc1C. The van der Waals surface area contributed by atoms with Crippen LogP contribution in [0.15, 0.2) is 36.7 Å². The van der Waals surface area contributed by atoms with Gasteiger partial charge in [0.15, 0.2) is 0 Å². The van der Waals surface area contributed by atoms with Gasteiger partial charge in [0.1, 0.15) is 0 Å². The van der Waals surface area contributed by atoms with Gasteiger partial charge < -0.3 is 5.32 Å². The number of aromatic nitrogens is 1. The molecule has 1 aromatic carbocycles. The molecule has 0 unspecified atom stereocenters. The van der Waals surface area contributed by atoms with E-state index in [9.17, 15) is 13.2 Å². The summed E-state index contributed by atoms with van der Waals surface area (Å²) in [6, 6.07) is 7.14. The second-order valence-electron chi connectivity index (χ2n) is 6.06. The lowest BCUT2D eigenvalue weighted by Gasteiger charge is -2.10. The van der Waals surface area contributed by atoms with E-state index in [-0.39, 0.29) is 11.2 Å². The van der Waals surface area contributed by atoms with Gasteiger partial charge in [-0.2, -0.15) is 0 Å². The second kappa shape index (κ2) is 6.24. The molecule has 1 heterocycles. The molecule has 1 aromatic heterocycles. The summed E-state index contributed by atoms with van der Waals surface area (Å²) < 4.78 is 26.4. The van der Waals surface area contributed by atoms with Gasteiger partial charge in [-0.25, -0.2) is 8.42 Å². The third-order valence-electron chi connectivity index (χ3n) is 3.99. The molecule has 126 valence electrons. The van der Waals surface area contributed by atoms with Crippen LogP contribution in [0.4, 0.5) is 11.4 Å². The van der Waals surface area contributed by atoms with E-state index in [4.69, 9.17) is 0 Å². The summed E-state index contributed by atoms with van der Waals surface area (Å²) in [6.07, 6.45) is 4.16. The first-order valence-electron chi connectivity index (χ1n) is 7.70. The summed E-state index contributed by atoms with van der Waals surface area (Å²) in [4.78, 5) is 16.3. The van der Waals surface area contributed by atoms with Crippen LogP contribution in [0.2, 0.25) is 0 Å². The molecule has 7 heteroatoms. The first-order valence-corrected chi connectivity index (χ1v) is 9.25. The van der Waals surface area contributed by atoms with Crippen LogP contribution >= 0.6 is 0 Å². The molecule has 0 spiro atoms. The molecular formula is C17H19N3O3S. The summed E-state index contributed by atoms with van der Waals surface area (Å²) >= 11 is 0. The number of benzene rings is 1. The van der Waals surface area contributed by atoms with E-state index in [1.165, 1.54) is 18.5 Å². The van der Waals surface area contributed by atoms with Crippen molar-refractivity contribution in [2.75, 3.05) is 10.0 Å². The Morgan fingerprint density at radius 2 is 1.83 bits per heavy atom. The van der Waals surface area contributed by atoms with Gasteiger partial charge in [0.2, 0.25) is 10.0 Å². The van der Waals surface area contributed by atoms with Crippen molar-refractivity contribution in [1.29, 1.82) is 0 Å². The highest BCUT2D eigenvalue weighted by molar-refractivity contribution is 7.93. The van der Waals surface area contributed by atoms with Gasteiger partial charge in [0, 0.05) is 11.9 Å². The number of anilines is 2. The average molecular weight is 345 g/mol. The molecular weight excluding hydrogens is 326 g/mol. The van der Waals surface area contributed by atoms with Crippen LogP contribution in [-0.2, 0) is 10.0 Å². The summed E-state index contributed by atoms with van der Waals surface area (Å²) in [5, 5.41) is 2.47. The molecule has 2 N–H and O–H groups in total. The molecule has 0 aliphatic heterocycles. The van der Waals surface area contributed by atoms with Gasteiger partial charge in [-0.3, -0.25) is 14.5 Å². The van der Waals surface area contributed by atoms with E-state index >= 15 is 0 Å². The Balaban J connectivity index is 1.75. The van der Waals surface area contributed by atoms with Crippen molar-refractivity contribution < 1.29 is 13.2 Å². The van der Waals surface area contributed by atoms with E-state index in [2.05, 4.69) is 15.0 Å². The highest BCUT2D eigenvalue weighted by Gasteiger charge is 2.35. The Morgan fingerprint density at radius 1 is 1.08 bits per heavy atom. The molecule has 0 radical (unpaired) electrons. The number of rotatable bonds is 5. The van der Waals surface area contributed by atoms with Crippen molar-refractivity contribution in [1.82, 2.24) is 4.98 Å². The predicted molar refractivity (Wildman–Crippen MR) is 93.7 cm³/mol. The Morgan fingerprint density at radius 3 is 2.50 bits per heavy atom. The number of sulfonamides is 1.